The summed E-state index contributed by atoms with van der Waals surface area (Å²) in [5, 5.41) is 7.21. The van der Waals surface area contributed by atoms with Gasteiger partial charge in [0.1, 0.15) is 5.39 Å². The van der Waals surface area contributed by atoms with Crippen molar-refractivity contribution in [3.63, 3.8) is 0 Å². The maximum atomic E-state index is 13.1. The summed E-state index contributed by atoms with van der Waals surface area (Å²) in [6, 6.07) is 6.75. The zero-order chi connectivity index (χ0) is 20.6. The molecule has 2 aromatic heterocycles. The maximum Gasteiger partial charge on any atom is 0.391 e. The maximum absolute atomic E-state index is 13.1. The van der Waals surface area contributed by atoms with E-state index in [0.29, 0.717) is 29.9 Å². The van der Waals surface area contributed by atoms with Gasteiger partial charge in [0.05, 0.1) is 29.8 Å². The molecule has 0 radical (unpaired) electrons. The van der Waals surface area contributed by atoms with Gasteiger partial charge >= 0.3 is 6.18 Å². The van der Waals surface area contributed by atoms with Crippen molar-refractivity contribution in [2.45, 2.75) is 31.9 Å². The second-order valence-corrected chi connectivity index (χ2v) is 7.13. The van der Waals surface area contributed by atoms with E-state index in [9.17, 15) is 22.8 Å². The fraction of sp³-hybridized carbons (Fsp3) is 0.368. The molecular formula is C19H18F3N5O2. The predicted octanol–water partition coefficient (Wildman–Crippen LogP) is 3.42. The number of hydrogen-bond acceptors (Lipinski definition) is 4. The summed E-state index contributed by atoms with van der Waals surface area (Å²) in [6.07, 6.45) is -1.03. The third-order valence-corrected chi connectivity index (χ3v) is 5.27. The van der Waals surface area contributed by atoms with Gasteiger partial charge in [0.25, 0.3) is 5.56 Å². The number of aromatic amines is 1. The first-order valence-electron chi connectivity index (χ1n) is 9.23. The minimum atomic E-state index is -4.29. The molecule has 152 valence electrons. The average molecular weight is 405 g/mol. The van der Waals surface area contributed by atoms with Crippen molar-refractivity contribution >= 4 is 22.6 Å². The van der Waals surface area contributed by atoms with Crippen LogP contribution in [-0.2, 0) is 4.79 Å². The number of H-pyrrole nitrogens is 1. The van der Waals surface area contributed by atoms with Crippen LogP contribution in [0, 0.1) is 11.8 Å². The number of rotatable bonds is 3. The van der Waals surface area contributed by atoms with Crippen LogP contribution in [-0.4, -0.2) is 31.8 Å². The molecule has 7 nitrogen and oxygen atoms in total. The van der Waals surface area contributed by atoms with Crippen molar-refractivity contribution in [1.82, 2.24) is 19.7 Å². The number of anilines is 1. The van der Waals surface area contributed by atoms with Crippen molar-refractivity contribution < 1.29 is 18.0 Å². The summed E-state index contributed by atoms with van der Waals surface area (Å²) in [5.74, 6) is -2.61. The highest BCUT2D eigenvalue weighted by molar-refractivity contribution is 5.95. The van der Waals surface area contributed by atoms with E-state index in [2.05, 4.69) is 20.4 Å². The van der Waals surface area contributed by atoms with E-state index in [-0.39, 0.29) is 23.8 Å². The van der Waals surface area contributed by atoms with Crippen LogP contribution in [0.25, 0.3) is 16.7 Å². The largest absolute Gasteiger partial charge is 0.391 e. The molecule has 10 heteroatoms. The Morgan fingerprint density at radius 2 is 2.03 bits per heavy atom. The molecule has 1 fully saturated rings. The zero-order valence-electron chi connectivity index (χ0n) is 15.2. The van der Waals surface area contributed by atoms with E-state index < -0.39 is 23.9 Å². The molecule has 0 bridgehead atoms. The molecule has 0 saturated heterocycles. The molecule has 3 aromatic rings. The van der Waals surface area contributed by atoms with Gasteiger partial charge in [-0.15, -0.1) is 0 Å². The molecule has 2 unspecified atom stereocenters. The third-order valence-electron chi connectivity index (χ3n) is 5.27. The monoisotopic (exact) mass is 405 g/mol. The van der Waals surface area contributed by atoms with E-state index in [1.807, 2.05) is 0 Å². The first kappa shape index (κ1) is 19.2. The second kappa shape index (κ2) is 7.34. The lowest BCUT2D eigenvalue weighted by atomic mass is 9.80. The lowest BCUT2D eigenvalue weighted by Gasteiger charge is -2.29. The van der Waals surface area contributed by atoms with Gasteiger partial charge in [-0.1, -0.05) is 18.6 Å². The van der Waals surface area contributed by atoms with Crippen LogP contribution in [0.3, 0.4) is 0 Å². The van der Waals surface area contributed by atoms with Gasteiger partial charge in [-0.25, -0.2) is 9.67 Å². The van der Waals surface area contributed by atoms with E-state index >= 15 is 0 Å². The summed E-state index contributed by atoms with van der Waals surface area (Å²) in [6.45, 7) is 0. The van der Waals surface area contributed by atoms with Crippen LogP contribution in [0.2, 0.25) is 0 Å². The number of nitrogens with one attached hydrogen (secondary N) is 2. The van der Waals surface area contributed by atoms with Gasteiger partial charge in [0.15, 0.2) is 5.65 Å². The van der Waals surface area contributed by atoms with Gasteiger partial charge in [-0.2, -0.15) is 18.3 Å². The minimum Gasteiger partial charge on any atom is -0.324 e. The number of amides is 1. The quantitative estimate of drug-likeness (QED) is 0.698. The molecule has 2 atom stereocenters. The molecule has 0 aliphatic heterocycles. The molecule has 1 saturated carbocycles. The standard InChI is InChI=1S/C19H18F3N5O2/c20-19(21,22)12-5-3-4-11(8-12)17(28)26-14-6-1-2-7-15(14)27-16-13(9-25-27)18(29)24-10-23-16/h1-2,6-7,9-12H,3-5,8H2,(H,26,28)(H,23,24,29). The Morgan fingerprint density at radius 1 is 1.24 bits per heavy atom. The van der Waals surface area contributed by atoms with Gasteiger partial charge in [-0.05, 0) is 31.4 Å². The fourth-order valence-electron chi connectivity index (χ4n) is 3.76. The smallest absolute Gasteiger partial charge is 0.324 e. The fourth-order valence-corrected chi connectivity index (χ4v) is 3.76. The van der Waals surface area contributed by atoms with E-state index in [4.69, 9.17) is 0 Å². The number of benzene rings is 1. The van der Waals surface area contributed by atoms with Crippen molar-refractivity contribution in [2.24, 2.45) is 11.8 Å². The molecule has 1 aliphatic carbocycles. The summed E-state index contributed by atoms with van der Waals surface area (Å²) in [5.41, 5.74) is 0.823. The molecule has 29 heavy (non-hydrogen) atoms. The number of para-hydroxylation sites is 2. The van der Waals surface area contributed by atoms with Crippen LogP contribution in [0.15, 0.2) is 41.6 Å². The third kappa shape index (κ3) is 3.74. The van der Waals surface area contributed by atoms with Gasteiger partial charge in [0, 0.05) is 5.92 Å². The van der Waals surface area contributed by atoms with Crippen LogP contribution in [0.1, 0.15) is 25.7 Å². The second-order valence-electron chi connectivity index (χ2n) is 7.13. The first-order chi connectivity index (χ1) is 13.8. The number of carbonyl (C=O) groups is 1. The Labute approximate surface area is 162 Å². The zero-order valence-corrected chi connectivity index (χ0v) is 15.2. The van der Waals surface area contributed by atoms with Gasteiger partial charge < -0.3 is 10.3 Å². The molecule has 0 spiro atoms. The van der Waals surface area contributed by atoms with Gasteiger partial charge in [0.2, 0.25) is 5.91 Å². The SMILES string of the molecule is O=C(Nc1ccccc1-n1ncc2c(=O)[nH]cnc21)C1CCCC(C(F)(F)F)C1. The van der Waals surface area contributed by atoms with Gasteiger partial charge in [-0.3, -0.25) is 9.59 Å². The van der Waals surface area contributed by atoms with Crippen LogP contribution >= 0.6 is 0 Å². The van der Waals surface area contributed by atoms with E-state index in [1.165, 1.54) is 17.2 Å². The summed E-state index contributed by atoms with van der Waals surface area (Å²) >= 11 is 0. The Morgan fingerprint density at radius 3 is 2.83 bits per heavy atom. The summed E-state index contributed by atoms with van der Waals surface area (Å²) in [4.78, 5) is 31.2. The minimum absolute atomic E-state index is 0.0589. The average Bonchev–Trinajstić information content (AvgIpc) is 3.13. The molecule has 4 rings (SSSR count). The highest BCUT2D eigenvalue weighted by atomic mass is 19.4. The number of hydrogen-bond donors (Lipinski definition) is 2. The summed E-state index contributed by atoms with van der Waals surface area (Å²) < 4.78 is 40.6. The van der Waals surface area contributed by atoms with Crippen molar-refractivity contribution in [2.75, 3.05) is 5.32 Å². The van der Waals surface area contributed by atoms with E-state index in [1.54, 1.807) is 24.3 Å². The number of halogens is 3. The Hall–Kier alpha value is -3.17. The lowest BCUT2D eigenvalue weighted by molar-refractivity contribution is -0.185. The first-order valence-corrected chi connectivity index (χ1v) is 9.23. The number of fused-ring (bicyclic) bond motifs is 1. The van der Waals surface area contributed by atoms with Crippen molar-refractivity contribution in [1.29, 1.82) is 0 Å². The molecule has 1 aliphatic rings. The van der Waals surface area contributed by atoms with Crippen LogP contribution < -0.4 is 10.9 Å². The number of carbonyl (C=O) groups excluding carboxylic acids is 1. The van der Waals surface area contributed by atoms with Crippen molar-refractivity contribution in [3.8, 4) is 5.69 Å². The molecule has 1 amide bonds. The van der Waals surface area contributed by atoms with Crippen molar-refractivity contribution in [3.05, 3.63) is 47.1 Å². The molecule has 2 heterocycles. The normalized spacial score (nSPS) is 20.0. The highest BCUT2D eigenvalue weighted by Crippen LogP contribution is 2.40. The Balaban J connectivity index is 1.61. The predicted molar refractivity (Wildman–Crippen MR) is 99.6 cm³/mol. The molecule has 1 aromatic carbocycles. The highest BCUT2D eigenvalue weighted by Gasteiger charge is 2.43. The number of alkyl halides is 3. The number of aromatic nitrogens is 4. The topological polar surface area (TPSA) is 92.7 Å². The number of nitrogens with zero attached hydrogens (tertiary/aromatic N) is 3. The lowest BCUT2D eigenvalue weighted by Crippen LogP contribution is -2.34. The Kier molecular flexibility index (Phi) is 4.85. The van der Waals surface area contributed by atoms with Crippen LogP contribution in [0.4, 0.5) is 18.9 Å². The van der Waals surface area contributed by atoms with Crippen LogP contribution in [0.5, 0.6) is 0 Å². The van der Waals surface area contributed by atoms with E-state index in [0.717, 1.165) is 0 Å². The molecule has 2 N–H and O–H groups in total. The summed E-state index contributed by atoms with van der Waals surface area (Å²) in [7, 11) is 0. The Bertz CT molecular complexity index is 1100. The molecular weight excluding hydrogens is 387 g/mol.